The number of hydrogen-bond acceptors (Lipinski definition) is 4. The third-order valence-corrected chi connectivity index (χ3v) is 4.42. The Morgan fingerprint density at radius 2 is 2.21 bits per heavy atom. The van der Waals surface area contributed by atoms with E-state index in [0.717, 1.165) is 17.8 Å². The van der Waals surface area contributed by atoms with E-state index < -0.39 is 0 Å². The third kappa shape index (κ3) is 2.40. The number of rotatable bonds is 2. The summed E-state index contributed by atoms with van der Waals surface area (Å²) in [5.41, 5.74) is 2.57. The molecule has 0 saturated carbocycles. The Morgan fingerprint density at radius 3 is 2.96 bits per heavy atom. The molecule has 8 heteroatoms. The fourth-order valence-corrected chi connectivity index (χ4v) is 3.22. The first-order chi connectivity index (χ1) is 11.5. The molecule has 1 amide bonds. The lowest BCUT2D eigenvalue weighted by atomic mass is 10.0. The van der Waals surface area contributed by atoms with E-state index in [9.17, 15) is 9.59 Å². The van der Waals surface area contributed by atoms with Gasteiger partial charge >= 0.3 is 0 Å². The molecular weight excluding hydrogens is 308 g/mol. The quantitative estimate of drug-likeness (QED) is 0.750. The summed E-state index contributed by atoms with van der Waals surface area (Å²) in [5, 5.41) is 7.13. The van der Waals surface area contributed by atoms with E-state index in [4.69, 9.17) is 0 Å². The molecule has 4 rings (SSSR count). The zero-order chi connectivity index (χ0) is 16.8. The van der Waals surface area contributed by atoms with Crippen LogP contribution in [-0.2, 0) is 7.05 Å². The molecule has 4 heterocycles. The summed E-state index contributed by atoms with van der Waals surface area (Å²) in [7, 11) is 1.79. The number of hydrogen-bond donors (Lipinski definition) is 1. The number of carbonyl (C=O) groups excluding carboxylic acids is 1. The van der Waals surface area contributed by atoms with Crippen molar-refractivity contribution in [3.63, 3.8) is 0 Å². The van der Waals surface area contributed by atoms with E-state index in [-0.39, 0.29) is 17.4 Å². The fourth-order valence-electron chi connectivity index (χ4n) is 3.22. The van der Waals surface area contributed by atoms with Crippen LogP contribution in [0.15, 0.2) is 29.2 Å². The summed E-state index contributed by atoms with van der Waals surface area (Å²) in [6, 6.07) is 5.12. The van der Waals surface area contributed by atoms with E-state index in [1.54, 1.807) is 35.0 Å². The van der Waals surface area contributed by atoms with Crippen LogP contribution in [0, 0.1) is 6.92 Å². The third-order valence-electron chi connectivity index (χ3n) is 4.42. The van der Waals surface area contributed by atoms with Crippen molar-refractivity contribution < 1.29 is 4.79 Å². The maximum atomic E-state index is 12.5. The van der Waals surface area contributed by atoms with Crippen LogP contribution in [0.25, 0.3) is 5.65 Å². The number of H-pyrrole nitrogens is 1. The Bertz CT molecular complexity index is 982. The summed E-state index contributed by atoms with van der Waals surface area (Å²) in [5.74, 6) is -0.000966. The average molecular weight is 326 g/mol. The molecule has 8 nitrogen and oxygen atoms in total. The predicted octanol–water partition coefficient (Wildman–Crippen LogP) is 0.694. The van der Waals surface area contributed by atoms with Crippen molar-refractivity contribution in [1.29, 1.82) is 0 Å². The molecule has 124 valence electrons. The lowest BCUT2D eigenvalue weighted by molar-refractivity contribution is 0.0784. The molecule has 0 aliphatic carbocycles. The van der Waals surface area contributed by atoms with Crippen LogP contribution in [0.5, 0.6) is 0 Å². The van der Waals surface area contributed by atoms with Gasteiger partial charge in [-0.3, -0.25) is 19.4 Å². The van der Waals surface area contributed by atoms with Crippen LogP contribution in [0.2, 0.25) is 0 Å². The minimum absolute atomic E-state index is 0.0746. The highest BCUT2D eigenvalue weighted by Crippen LogP contribution is 2.26. The molecule has 0 aromatic carbocycles. The second-order valence-electron chi connectivity index (χ2n) is 6.26. The maximum Gasteiger partial charge on any atom is 0.274 e. The number of aromatic amines is 1. The van der Waals surface area contributed by atoms with Gasteiger partial charge in [-0.05, 0) is 19.4 Å². The van der Waals surface area contributed by atoms with Crippen molar-refractivity contribution in [1.82, 2.24) is 29.3 Å². The summed E-state index contributed by atoms with van der Waals surface area (Å²) < 4.78 is 3.05. The zero-order valence-electron chi connectivity index (χ0n) is 13.6. The first-order valence-corrected chi connectivity index (χ1v) is 7.89. The van der Waals surface area contributed by atoms with E-state index >= 15 is 0 Å². The molecule has 1 fully saturated rings. The van der Waals surface area contributed by atoms with Gasteiger partial charge < -0.3 is 4.90 Å². The Kier molecular flexibility index (Phi) is 3.26. The Labute approximate surface area is 137 Å². The highest BCUT2D eigenvalue weighted by molar-refractivity contribution is 5.92. The summed E-state index contributed by atoms with van der Waals surface area (Å²) in [6.07, 6.45) is 2.55. The van der Waals surface area contributed by atoms with Gasteiger partial charge in [-0.15, -0.1) is 0 Å². The number of aromatic nitrogens is 5. The molecule has 3 aromatic heterocycles. The Morgan fingerprint density at radius 1 is 1.38 bits per heavy atom. The van der Waals surface area contributed by atoms with Crippen LogP contribution in [-0.4, -0.2) is 48.3 Å². The fraction of sp³-hybridized carbons (Fsp3) is 0.375. The minimum atomic E-state index is -0.127. The maximum absolute atomic E-state index is 12.5. The van der Waals surface area contributed by atoms with Crippen LogP contribution in [0.1, 0.15) is 34.2 Å². The second kappa shape index (κ2) is 5.33. The summed E-state index contributed by atoms with van der Waals surface area (Å²) in [4.78, 5) is 31.0. The van der Waals surface area contributed by atoms with Gasteiger partial charge in [-0.1, -0.05) is 0 Å². The number of amides is 1. The standard InChI is InChI=1S/C16H18N6O2/c1-10-7-14-17-13(8-15(23)22(14)18-10)11-3-6-21(9-11)16(24)12-4-5-20(2)19-12/h4-5,7-8,11,18H,3,6,9H2,1-2H3/t11-/m0/s1. The van der Waals surface area contributed by atoms with Crippen molar-refractivity contribution in [2.75, 3.05) is 13.1 Å². The summed E-state index contributed by atoms with van der Waals surface area (Å²) >= 11 is 0. The monoisotopic (exact) mass is 326 g/mol. The van der Waals surface area contributed by atoms with Crippen molar-refractivity contribution in [2.45, 2.75) is 19.3 Å². The van der Waals surface area contributed by atoms with Crippen molar-refractivity contribution in [3.8, 4) is 0 Å². The molecule has 0 unspecified atom stereocenters. The normalized spacial score (nSPS) is 17.8. The first-order valence-electron chi connectivity index (χ1n) is 7.89. The molecule has 0 bridgehead atoms. The van der Waals surface area contributed by atoms with Crippen molar-refractivity contribution in [2.24, 2.45) is 7.05 Å². The number of aryl methyl sites for hydroxylation is 2. The second-order valence-corrected chi connectivity index (χ2v) is 6.26. The van der Waals surface area contributed by atoms with Gasteiger partial charge in [-0.2, -0.15) is 5.10 Å². The number of nitrogens with one attached hydrogen (secondary N) is 1. The zero-order valence-corrected chi connectivity index (χ0v) is 13.6. The molecular formula is C16H18N6O2. The van der Waals surface area contributed by atoms with Gasteiger partial charge in [0.1, 0.15) is 5.69 Å². The Balaban J connectivity index is 1.58. The minimum Gasteiger partial charge on any atom is -0.337 e. The van der Waals surface area contributed by atoms with Crippen molar-refractivity contribution >= 4 is 11.6 Å². The largest absolute Gasteiger partial charge is 0.337 e. The van der Waals surface area contributed by atoms with Crippen LogP contribution >= 0.6 is 0 Å². The van der Waals surface area contributed by atoms with Gasteiger partial charge in [0.25, 0.3) is 11.5 Å². The molecule has 1 N–H and O–H groups in total. The first kappa shape index (κ1) is 14.7. The topological polar surface area (TPSA) is 88.3 Å². The Hall–Kier alpha value is -2.90. The molecule has 1 saturated heterocycles. The molecule has 1 atom stereocenters. The van der Waals surface area contributed by atoms with Gasteiger partial charge in [0.2, 0.25) is 0 Å². The van der Waals surface area contributed by atoms with Gasteiger partial charge in [-0.25, -0.2) is 9.50 Å². The lowest BCUT2D eigenvalue weighted by Gasteiger charge is -2.15. The lowest BCUT2D eigenvalue weighted by Crippen LogP contribution is -2.29. The molecule has 1 aliphatic rings. The number of nitrogens with zero attached hydrogens (tertiary/aromatic N) is 5. The molecule has 0 spiro atoms. The molecule has 1 aliphatic heterocycles. The summed E-state index contributed by atoms with van der Waals surface area (Å²) in [6.45, 7) is 3.09. The van der Waals surface area contributed by atoms with E-state index in [0.29, 0.717) is 24.4 Å². The molecule has 3 aromatic rings. The average Bonchev–Trinajstić information content (AvgIpc) is 3.25. The smallest absolute Gasteiger partial charge is 0.274 e. The number of carbonyl (C=O) groups is 1. The van der Waals surface area contributed by atoms with E-state index in [1.165, 1.54) is 4.52 Å². The molecule has 24 heavy (non-hydrogen) atoms. The predicted molar refractivity (Wildman–Crippen MR) is 87.0 cm³/mol. The van der Waals surface area contributed by atoms with Gasteiger partial charge in [0.05, 0.1) is 5.69 Å². The van der Waals surface area contributed by atoms with Gasteiger partial charge in [0.15, 0.2) is 5.65 Å². The van der Waals surface area contributed by atoms with Crippen LogP contribution < -0.4 is 5.56 Å². The van der Waals surface area contributed by atoms with E-state index in [2.05, 4.69) is 15.2 Å². The number of likely N-dealkylation sites (tertiary alicyclic amines) is 1. The number of fused-ring (bicyclic) bond motifs is 1. The van der Waals surface area contributed by atoms with Crippen molar-refractivity contribution in [3.05, 3.63) is 51.8 Å². The highest BCUT2D eigenvalue weighted by atomic mass is 16.2. The van der Waals surface area contributed by atoms with E-state index in [1.807, 2.05) is 13.0 Å². The highest BCUT2D eigenvalue weighted by Gasteiger charge is 2.30. The van der Waals surface area contributed by atoms with Gasteiger partial charge in [0, 0.05) is 50.1 Å². The van der Waals surface area contributed by atoms with Crippen LogP contribution in [0.3, 0.4) is 0 Å². The molecule has 0 radical (unpaired) electrons. The SMILES string of the molecule is Cc1cc2nc([C@H]3CCN(C(=O)c4ccn(C)n4)C3)cc(=O)n2[nH]1. The van der Waals surface area contributed by atoms with Crippen LogP contribution in [0.4, 0.5) is 0 Å².